The Morgan fingerprint density at radius 1 is 1.12 bits per heavy atom. The van der Waals surface area contributed by atoms with Crippen molar-refractivity contribution >= 4 is 19.7 Å². The lowest BCUT2D eigenvalue weighted by Gasteiger charge is -2.12. The second kappa shape index (κ2) is 5.69. The van der Waals surface area contributed by atoms with Gasteiger partial charge in [-0.3, -0.25) is 0 Å². The van der Waals surface area contributed by atoms with Crippen LogP contribution in [0.25, 0.3) is 0 Å². The second-order valence-corrected chi connectivity index (χ2v) is 6.72. The van der Waals surface area contributed by atoms with E-state index in [2.05, 4.69) is 13.8 Å². The van der Waals surface area contributed by atoms with E-state index in [-0.39, 0.29) is 5.75 Å². The molecule has 1 rings (SSSR count). The monoisotopic (exact) mass is 260 g/mol. The van der Waals surface area contributed by atoms with Crippen LogP contribution < -0.4 is 0 Å². The van der Waals surface area contributed by atoms with Crippen molar-refractivity contribution in [3.05, 3.63) is 35.4 Å². The van der Waals surface area contributed by atoms with Crippen LogP contribution in [0.3, 0.4) is 0 Å². The Hall–Kier alpha value is -0.540. The third kappa shape index (κ3) is 4.14. The highest BCUT2D eigenvalue weighted by molar-refractivity contribution is 8.13. The summed E-state index contributed by atoms with van der Waals surface area (Å²) in [6, 6.07) is 7.67. The van der Waals surface area contributed by atoms with Gasteiger partial charge in [-0.15, -0.1) is 0 Å². The molecule has 0 spiro atoms. The predicted molar refractivity (Wildman–Crippen MR) is 68.2 cm³/mol. The zero-order chi connectivity index (χ0) is 12.2. The topological polar surface area (TPSA) is 34.1 Å². The molecule has 0 bridgehead atoms. The first-order valence-corrected chi connectivity index (χ1v) is 7.95. The Kier molecular flexibility index (Phi) is 4.81. The van der Waals surface area contributed by atoms with E-state index in [9.17, 15) is 8.42 Å². The van der Waals surface area contributed by atoms with Gasteiger partial charge in [-0.2, -0.15) is 0 Å². The summed E-state index contributed by atoms with van der Waals surface area (Å²) in [4.78, 5) is 0. The van der Waals surface area contributed by atoms with Gasteiger partial charge >= 0.3 is 0 Å². The highest BCUT2D eigenvalue weighted by Crippen LogP contribution is 2.23. The Balaban J connectivity index is 2.82. The van der Waals surface area contributed by atoms with Crippen LogP contribution in [0.5, 0.6) is 0 Å². The van der Waals surface area contributed by atoms with Crippen molar-refractivity contribution in [2.75, 3.05) is 0 Å². The fraction of sp³-hybridized carbons (Fsp3) is 0.500. The summed E-state index contributed by atoms with van der Waals surface area (Å²) < 4.78 is 21.8. The minimum absolute atomic E-state index is 0.0995. The summed E-state index contributed by atoms with van der Waals surface area (Å²) in [7, 11) is 1.75. The molecule has 0 aliphatic rings. The normalized spacial score (nSPS) is 12.0. The van der Waals surface area contributed by atoms with E-state index in [1.165, 1.54) is 5.56 Å². The van der Waals surface area contributed by atoms with Crippen LogP contribution in [-0.4, -0.2) is 8.42 Å². The van der Waals surface area contributed by atoms with E-state index >= 15 is 0 Å². The van der Waals surface area contributed by atoms with Gasteiger partial charge in [0, 0.05) is 10.7 Å². The maximum absolute atomic E-state index is 10.9. The van der Waals surface area contributed by atoms with Crippen LogP contribution in [0.1, 0.15) is 43.7 Å². The van der Waals surface area contributed by atoms with Crippen molar-refractivity contribution in [1.82, 2.24) is 0 Å². The van der Waals surface area contributed by atoms with Gasteiger partial charge in [0.2, 0.25) is 9.05 Å². The first kappa shape index (κ1) is 13.5. The van der Waals surface area contributed by atoms with E-state index < -0.39 is 9.05 Å². The van der Waals surface area contributed by atoms with Crippen LogP contribution >= 0.6 is 10.7 Å². The van der Waals surface area contributed by atoms with Gasteiger partial charge in [0.25, 0.3) is 0 Å². The molecule has 1 aromatic rings. The molecule has 0 saturated heterocycles. The van der Waals surface area contributed by atoms with E-state index in [1.807, 2.05) is 24.3 Å². The van der Waals surface area contributed by atoms with Crippen molar-refractivity contribution in [2.24, 2.45) is 0 Å². The van der Waals surface area contributed by atoms with E-state index in [0.717, 1.165) is 18.4 Å². The average molecular weight is 261 g/mol. The molecule has 0 radical (unpaired) electrons. The van der Waals surface area contributed by atoms with Gasteiger partial charge in [0.1, 0.15) is 0 Å². The summed E-state index contributed by atoms with van der Waals surface area (Å²) in [5, 5.41) is 0. The molecule has 0 saturated carbocycles. The molecule has 0 amide bonds. The molecule has 0 aromatic heterocycles. The lowest BCUT2D eigenvalue weighted by atomic mass is 9.93. The van der Waals surface area contributed by atoms with Crippen LogP contribution in [0.15, 0.2) is 24.3 Å². The Bertz CT molecular complexity index is 419. The van der Waals surface area contributed by atoms with Crippen LogP contribution in [0, 0.1) is 0 Å². The molecular weight excluding hydrogens is 244 g/mol. The molecule has 4 heteroatoms. The molecule has 2 nitrogen and oxygen atoms in total. The Morgan fingerprint density at radius 2 is 1.62 bits per heavy atom. The molecule has 0 N–H and O–H groups in total. The number of rotatable bonds is 5. The van der Waals surface area contributed by atoms with Crippen molar-refractivity contribution < 1.29 is 8.42 Å². The molecular formula is C12H17ClO2S. The zero-order valence-corrected chi connectivity index (χ0v) is 11.2. The van der Waals surface area contributed by atoms with Crippen LogP contribution in [0.4, 0.5) is 0 Å². The summed E-state index contributed by atoms with van der Waals surface area (Å²) >= 11 is 0. The van der Waals surface area contributed by atoms with Gasteiger partial charge in [0.15, 0.2) is 0 Å². The number of hydrogen-bond acceptors (Lipinski definition) is 2. The maximum Gasteiger partial charge on any atom is 0.236 e. The molecule has 0 aliphatic heterocycles. The third-order valence-corrected chi connectivity index (χ3v) is 3.78. The second-order valence-electron chi connectivity index (χ2n) is 3.94. The molecule has 0 fully saturated rings. The molecule has 16 heavy (non-hydrogen) atoms. The summed E-state index contributed by atoms with van der Waals surface area (Å²) in [5.74, 6) is 0.458. The molecule has 90 valence electrons. The smallest absolute Gasteiger partial charge is 0.212 e. The first-order chi connectivity index (χ1) is 7.46. The number of hydrogen-bond donors (Lipinski definition) is 0. The summed E-state index contributed by atoms with van der Waals surface area (Å²) in [5.41, 5.74) is 2.01. The van der Waals surface area contributed by atoms with Gasteiger partial charge in [0.05, 0.1) is 5.75 Å². The third-order valence-electron chi connectivity index (χ3n) is 2.78. The van der Waals surface area contributed by atoms with E-state index in [0.29, 0.717) is 5.92 Å². The molecule has 0 atom stereocenters. The predicted octanol–water partition coefficient (Wildman–Crippen LogP) is 3.66. The van der Waals surface area contributed by atoms with Gasteiger partial charge in [-0.25, -0.2) is 8.42 Å². The minimum atomic E-state index is -3.45. The molecule has 0 heterocycles. The fourth-order valence-corrected chi connectivity index (χ4v) is 2.81. The van der Waals surface area contributed by atoms with Crippen molar-refractivity contribution in [3.63, 3.8) is 0 Å². The lowest BCUT2D eigenvalue weighted by Crippen LogP contribution is -1.98. The van der Waals surface area contributed by atoms with Gasteiger partial charge < -0.3 is 0 Å². The van der Waals surface area contributed by atoms with Crippen molar-refractivity contribution in [2.45, 2.75) is 38.4 Å². The summed E-state index contributed by atoms with van der Waals surface area (Å²) in [6.45, 7) is 4.32. The number of halogens is 1. The number of benzene rings is 1. The summed E-state index contributed by atoms with van der Waals surface area (Å²) in [6.07, 6.45) is 2.20. The molecule has 0 unspecified atom stereocenters. The SMILES string of the molecule is CCC(CC)c1ccc(CS(=O)(=O)Cl)cc1. The van der Waals surface area contributed by atoms with Gasteiger partial charge in [-0.1, -0.05) is 38.1 Å². The fourth-order valence-electron chi connectivity index (χ4n) is 1.85. The zero-order valence-electron chi connectivity index (χ0n) is 9.61. The Labute approximate surface area is 102 Å². The van der Waals surface area contributed by atoms with Crippen molar-refractivity contribution in [1.29, 1.82) is 0 Å². The van der Waals surface area contributed by atoms with Gasteiger partial charge in [-0.05, 0) is 29.9 Å². The van der Waals surface area contributed by atoms with Crippen LogP contribution in [-0.2, 0) is 14.8 Å². The molecule has 0 aliphatic carbocycles. The average Bonchev–Trinajstić information content (AvgIpc) is 2.20. The van der Waals surface area contributed by atoms with E-state index in [1.54, 1.807) is 0 Å². The largest absolute Gasteiger partial charge is 0.236 e. The van der Waals surface area contributed by atoms with Crippen LogP contribution in [0.2, 0.25) is 0 Å². The maximum atomic E-state index is 10.9. The lowest BCUT2D eigenvalue weighted by molar-refractivity contribution is 0.609. The van der Waals surface area contributed by atoms with E-state index in [4.69, 9.17) is 10.7 Å². The minimum Gasteiger partial charge on any atom is -0.212 e. The quantitative estimate of drug-likeness (QED) is 0.757. The first-order valence-electron chi connectivity index (χ1n) is 5.47. The highest BCUT2D eigenvalue weighted by atomic mass is 35.7. The van der Waals surface area contributed by atoms with Crippen molar-refractivity contribution in [3.8, 4) is 0 Å². The highest BCUT2D eigenvalue weighted by Gasteiger charge is 2.09. The standard InChI is InChI=1S/C12H17ClO2S/c1-3-11(4-2)12-7-5-10(6-8-12)9-16(13,14)15/h5-8,11H,3-4,9H2,1-2H3. The Morgan fingerprint density at radius 3 is 2.00 bits per heavy atom. The molecule has 1 aromatic carbocycles.